The maximum atomic E-state index is 12.0. The van der Waals surface area contributed by atoms with Crippen LogP contribution >= 0.6 is 0 Å². The molecule has 1 saturated carbocycles. The molecule has 1 heterocycles. The number of anilines is 1. The second-order valence-electron chi connectivity index (χ2n) is 4.80. The van der Waals surface area contributed by atoms with Gasteiger partial charge in [0, 0.05) is 0 Å². The van der Waals surface area contributed by atoms with E-state index in [-0.39, 0.29) is 5.91 Å². The number of benzene rings is 1. The first-order chi connectivity index (χ1) is 8.63. The fourth-order valence-electron chi connectivity index (χ4n) is 2.56. The van der Waals surface area contributed by atoms with E-state index >= 15 is 0 Å². The van der Waals surface area contributed by atoms with Gasteiger partial charge < -0.3 is 15.2 Å². The number of carbonyl (C=O) groups is 2. The summed E-state index contributed by atoms with van der Waals surface area (Å²) in [6.45, 7) is 0. The van der Waals surface area contributed by atoms with Gasteiger partial charge in [0.1, 0.15) is 11.2 Å². The minimum absolute atomic E-state index is 0.365. The molecular formula is C13H13NO4. The van der Waals surface area contributed by atoms with Gasteiger partial charge in [-0.2, -0.15) is 0 Å². The number of carbonyl (C=O) groups excluding carboxylic acids is 1. The summed E-state index contributed by atoms with van der Waals surface area (Å²) in [7, 11) is 0. The molecule has 5 heteroatoms. The van der Waals surface area contributed by atoms with Gasteiger partial charge in [0.25, 0.3) is 5.91 Å². The highest BCUT2D eigenvalue weighted by molar-refractivity contribution is 6.01. The lowest BCUT2D eigenvalue weighted by Gasteiger charge is -2.44. The third-order valence-corrected chi connectivity index (χ3v) is 3.80. The van der Waals surface area contributed by atoms with E-state index < -0.39 is 17.5 Å². The molecule has 0 bridgehead atoms. The van der Waals surface area contributed by atoms with Crippen LogP contribution in [-0.2, 0) is 9.59 Å². The van der Waals surface area contributed by atoms with Crippen molar-refractivity contribution in [2.45, 2.75) is 25.4 Å². The highest BCUT2D eigenvalue weighted by atomic mass is 16.5. The molecule has 1 aliphatic heterocycles. The van der Waals surface area contributed by atoms with E-state index in [4.69, 9.17) is 4.74 Å². The van der Waals surface area contributed by atoms with Crippen molar-refractivity contribution in [1.82, 2.24) is 0 Å². The monoisotopic (exact) mass is 247 g/mol. The topological polar surface area (TPSA) is 75.6 Å². The molecule has 1 fully saturated rings. The van der Waals surface area contributed by atoms with Gasteiger partial charge >= 0.3 is 5.97 Å². The largest absolute Gasteiger partial charge is 0.481 e. The van der Waals surface area contributed by atoms with Crippen LogP contribution in [0.4, 0.5) is 5.69 Å². The first-order valence-electron chi connectivity index (χ1n) is 5.93. The van der Waals surface area contributed by atoms with Crippen LogP contribution in [0, 0.1) is 5.41 Å². The zero-order valence-electron chi connectivity index (χ0n) is 9.68. The van der Waals surface area contributed by atoms with Crippen LogP contribution in [0.25, 0.3) is 0 Å². The van der Waals surface area contributed by atoms with Crippen molar-refractivity contribution in [3.63, 3.8) is 0 Å². The zero-order chi connectivity index (χ0) is 12.8. The van der Waals surface area contributed by atoms with E-state index in [1.54, 1.807) is 24.3 Å². The summed E-state index contributed by atoms with van der Waals surface area (Å²) < 4.78 is 5.62. The number of amides is 1. The first kappa shape index (κ1) is 11.1. The van der Waals surface area contributed by atoms with Crippen LogP contribution < -0.4 is 10.1 Å². The Hall–Kier alpha value is -2.04. The Kier molecular flexibility index (Phi) is 2.29. The zero-order valence-corrected chi connectivity index (χ0v) is 9.68. The standard InChI is InChI=1S/C13H13NO4/c15-11-10(13(12(16)17)6-3-7-13)18-9-5-2-1-4-8(9)14-11/h1-2,4-5,10H,3,6-7H2,(H,14,15)(H,16,17). The lowest BCUT2D eigenvalue weighted by Crippen LogP contribution is -2.57. The van der Waals surface area contributed by atoms with Crippen molar-refractivity contribution >= 4 is 17.6 Å². The van der Waals surface area contributed by atoms with Crippen molar-refractivity contribution in [2.24, 2.45) is 5.41 Å². The van der Waals surface area contributed by atoms with Gasteiger partial charge in [-0.1, -0.05) is 18.6 Å². The van der Waals surface area contributed by atoms with Crippen LogP contribution in [0.1, 0.15) is 19.3 Å². The number of hydrogen-bond acceptors (Lipinski definition) is 3. The molecule has 0 radical (unpaired) electrons. The number of nitrogens with one attached hydrogen (secondary N) is 1. The predicted molar refractivity (Wildman–Crippen MR) is 63.4 cm³/mol. The van der Waals surface area contributed by atoms with E-state index in [9.17, 15) is 14.7 Å². The summed E-state index contributed by atoms with van der Waals surface area (Å²) >= 11 is 0. The van der Waals surface area contributed by atoms with E-state index in [0.29, 0.717) is 24.3 Å². The number of para-hydroxylation sites is 2. The third-order valence-electron chi connectivity index (χ3n) is 3.80. The summed E-state index contributed by atoms with van der Waals surface area (Å²) in [5.74, 6) is -0.779. The molecule has 3 rings (SSSR count). The van der Waals surface area contributed by atoms with Crippen molar-refractivity contribution in [1.29, 1.82) is 0 Å². The number of rotatable bonds is 2. The van der Waals surface area contributed by atoms with Gasteiger partial charge in [0.15, 0.2) is 6.10 Å². The minimum atomic E-state index is -1.06. The van der Waals surface area contributed by atoms with E-state index in [1.807, 2.05) is 0 Å². The Bertz CT molecular complexity index is 521. The SMILES string of the molecule is O=C1Nc2ccccc2OC1C1(C(=O)O)CCC1. The van der Waals surface area contributed by atoms with Crippen LogP contribution in [0.5, 0.6) is 5.75 Å². The van der Waals surface area contributed by atoms with Gasteiger partial charge in [-0.3, -0.25) is 9.59 Å². The number of ether oxygens (including phenoxy) is 1. The summed E-state index contributed by atoms with van der Waals surface area (Å²) in [6.07, 6.45) is 0.866. The smallest absolute Gasteiger partial charge is 0.313 e. The normalized spacial score (nSPS) is 24.2. The van der Waals surface area contributed by atoms with E-state index in [1.165, 1.54) is 0 Å². The predicted octanol–water partition coefficient (Wildman–Crippen LogP) is 1.64. The first-order valence-corrected chi connectivity index (χ1v) is 5.93. The molecule has 1 aromatic rings. The Labute approximate surface area is 104 Å². The Morgan fingerprint density at radius 1 is 1.39 bits per heavy atom. The van der Waals surface area contributed by atoms with Gasteiger partial charge in [-0.05, 0) is 25.0 Å². The fourth-order valence-corrected chi connectivity index (χ4v) is 2.56. The average Bonchev–Trinajstić information content (AvgIpc) is 2.27. The van der Waals surface area contributed by atoms with Crippen LogP contribution in [0.15, 0.2) is 24.3 Å². The van der Waals surface area contributed by atoms with E-state index in [0.717, 1.165) is 6.42 Å². The number of carboxylic acids is 1. The number of fused-ring (bicyclic) bond motifs is 1. The van der Waals surface area contributed by atoms with Crippen molar-refractivity contribution in [2.75, 3.05) is 5.32 Å². The highest BCUT2D eigenvalue weighted by Gasteiger charge is 2.56. The summed E-state index contributed by atoms with van der Waals surface area (Å²) in [5.41, 5.74) is -0.462. The molecule has 2 aliphatic rings. The summed E-state index contributed by atoms with van der Waals surface area (Å²) in [5, 5.41) is 12.1. The lowest BCUT2D eigenvalue weighted by atomic mass is 9.64. The van der Waals surface area contributed by atoms with Gasteiger partial charge in [0.2, 0.25) is 0 Å². The second-order valence-corrected chi connectivity index (χ2v) is 4.80. The molecule has 1 amide bonds. The molecule has 1 aromatic carbocycles. The molecule has 2 N–H and O–H groups in total. The highest BCUT2D eigenvalue weighted by Crippen LogP contribution is 2.47. The maximum absolute atomic E-state index is 12.0. The average molecular weight is 247 g/mol. The quantitative estimate of drug-likeness (QED) is 0.833. The molecule has 18 heavy (non-hydrogen) atoms. The molecule has 5 nitrogen and oxygen atoms in total. The van der Waals surface area contributed by atoms with Crippen LogP contribution in [0.2, 0.25) is 0 Å². The molecule has 1 aliphatic carbocycles. The third kappa shape index (κ3) is 1.40. The minimum Gasteiger partial charge on any atom is -0.481 e. The number of aliphatic carboxylic acids is 1. The second kappa shape index (κ2) is 3.73. The summed E-state index contributed by atoms with van der Waals surface area (Å²) in [4.78, 5) is 23.4. The van der Waals surface area contributed by atoms with Crippen molar-refractivity contribution < 1.29 is 19.4 Å². The molecule has 0 aromatic heterocycles. The molecular weight excluding hydrogens is 234 g/mol. The van der Waals surface area contributed by atoms with Gasteiger partial charge in [0.05, 0.1) is 5.69 Å². The Balaban J connectivity index is 1.96. The van der Waals surface area contributed by atoms with Crippen molar-refractivity contribution in [3.05, 3.63) is 24.3 Å². The molecule has 1 atom stereocenters. The fraction of sp³-hybridized carbons (Fsp3) is 0.385. The number of carboxylic acid groups (broad SMARTS) is 1. The molecule has 1 unspecified atom stereocenters. The molecule has 94 valence electrons. The molecule has 0 saturated heterocycles. The Morgan fingerprint density at radius 2 is 2.11 bits per heavy atom. The maximum Gasteiger partial charge on any atom is 0.313 e. The molecule has 0 spiro atoms. The van der Waals surface area contributed by atoms with Gasteiger partial charge in [-0.15, -0.1) is 0 Å². The van der Waals surface area contributed by atoms with Crippen LogP contribution in [0.3, 0.4) is 0 Å². The lowest BCUT2D eigenvalue weighted by molar-refractivity contribution is -0.167. The van der Waals surface area contributed by atoms with Gasteiger partial charge in [-0.25, -0.2) is 0 Å². The van der Waals surface area contributed by atoms with Crippen molar-refractivity contribution in [3.8, 4) is 5.75 Å². The Morgan fingerprint density at radius 3 is 2.72 bits per heavy atom. The van der Waals surface area contributed by atoms with Crippen LogP contribution in [-0.4, -0.2) is 23.1 Å². The summed E-state index contributed by atoms with van der Waals surface area (Å²) in [6, 6.07) is 7.05. The number of hydrogen-bond donors (Lipinski definition) is 2. The van der Waals surface area contributed by atoms with E-state index in [2.05, 4.69) is 5.32 Å².